The molecular formula is C11H13FN2O3. The molecule has 0 saturated heterocycles. The van der Waals surface area contributed by atoms with Gasteiger partial charge >= 0.3 is 5.97 Å². The molecule has 1 aliphatic carbocycles. The summed E-state index contributed by atoms with van der Waals surface area (Å²) in [7, 11) is 0. The molecule has 5 nitrogen and oxygen atoms in total. The average Bonchev–Trinajstić information content (AvgIpc) is 2.29. The van der Waals surface area contributed by atoms with Gasteiger partial charge in [-0.3, -0.25) is 9.59 Å². The van der Waals surface area contributed by atoms with E-state index in [4.69, 9.17) is 5.11 Å². The maximum Gasteiger partial charge on any atom is 0.306 e. The SMILES string of the molecule is O=C(O)C1CCc2nn(CCF)c(=O)cc2C1. The van der Waals surface area contributed by atoms with Gasteiger partial charge in [-0.15, -0.1) is 0 Å². The van der Waals surface area contributed by atoms with Crippen LogP contribution in [-0.2, 0) is 24.2 Å². The summed E-state index contributed by atoms with van der Waals surface area (Å²) in [4.78, 5) is 22.4. The van der Waals surface area contributed by atoms with Gasteiger partial charge in [0, 0.05) is 6.07 Å². The minimum absolute atomic E-state index is 0.0472. The zero-order valence-corrected chi connectivity index (χ0v) is 9.23. The van der Waals surface area contributed by atoms with Gasteiger partial charge in [-0.25, -0.2) is 9.07 Å². The predicted octanol–water partition coefficient (Wildman–Crippen LogP) is 0.402. The maximum atomic E-state index is 12.2. The molecule has 1 aliphatic rings. The molecule has 0 radical (unpaired) electrons. The van der Waals surface area contributed by atoms with Crippen LogP contribution in [0.3, 0.4) is 0 Å². The summed E-state index contributed by atoms with van der Waals surface area (Å²) in [6.45, 7) is -0.683. The Morgan fingerprint density at radius 3 is 3.06 bits per heavy atom. The van der Waals surface area contributed by atoms with Crippen LogP contribution in [-0.4, -0.2) is 27.5 Å². The molecule has 0 aliphatic heterocycles. The third-order valence-electron chi connectivity index (χ3n) is 3.01. The Labute approximate surface area is 96.9 Å². The van der Waals surface area contributed by atoms with E-state index in [0.29, 0.717) is 24.8 Å². The van der Waals surface area contributed by atoms with Crippen molar-refractivity contribution in [1.82, 2.24) is 9.78 Å². The molecule has 92 valence electrons. The number of aliphatic carboxylic acids is 1. The quantitative estimate of drug-likeness (QED) is 0.830. The van der Waals surface area contributed by atoms with Crippen LogP contribution in [0.2, 0.25) is 0 Å². The fourth-order valence-corrected chi connectivity index (χ4v) is 2.08. The lowest BCUT2D eigenvalue weighted by Crippen LogP contribution is -2.30. The number of halogens is 1. The van der Waals surface area contributed by atoms with Crippen LogP contribution in [0.25, 0.3) is 0 Å². The number of carboxylic acid groups (broad SMARTS) is 1. The lowest BCUT2D eigenvalue weighted by molar-refractivity contribution is -0.142. The van der Waals surface area contributed by atoms with Crippen molar-refractivity contribution in [2.45, 2.75) is 25.8 Å². The van der Waals surface area contributed by atoms with Crippen molar-refractivity contribution in [2.24, 2.45) is 5.92 Å². The first-order valence-corrected chi connectivity index (χ1v) is 5.50. The van der Waals surface area contributed by atoms with Crippen LogP contribution in [0.1, 0.15) is 17.7 Å². The second-order valence-electron chi connectivity index (χ2n) is 4.14. The molecule has 0 bridgehead atoms. The molecule has 1 heterocycles. The molecular weight excluding hydrogens is 227 g/mol. The van der Waals surface area contributed by atoms with Gasteiger partial charge in [0.05, 0.1) is 18.2 Å². The number of nitrogens with zero attached hydrogens (tertiary/aromatic N) is 2. The zero-order chi connectivity index (χ0) is 12.4. The van der Waals surface area contributed by atoms with E-state index >= 15 is 0 Å². The monoisotopic (exact) mass is 240 g/mol. The first-order chi connectivity index (χ1) is 8.11. The molecule has 0 aromatic carbocycles. The van der Waals surface area contributed by atoms with Crippen molar-refractivity contribution in [1.29, 1.82) is 0 Å². The third-order valence-corrected chi connectivity index (χ3v) is 3.01. The lowest BCUT2D eigenvalue weighted by Gasteiger charge is -2.20. The number of hydrogen-bond acceptors (Lipinski definition) is 3. The Bertz CT molecular complexity index is 498. The molecule has 1 aromatic heterocycles. The number of fused-ring (bicyclic) bond motifs is 1. The summed E-state index contributed by atoms with van der Waals surface area (Å²) in [5, 5.41) is 13.0. The lowest BCUT2D eigenvalue weighted by atomic mass is 9.87. The summed E-state index contributed by atoms with van der Waals surface area (Å²) in [6.07, 6.45) is 1.38. The van der Waals surface area contributed by atoms with E-state index in [2.05, 4.69) is 5.10 Å². The van der Waals surface area contributed by atoms with Gasteiger partial charge in [0.15, 0.2) is 0 Å². The van der Waals surface area contributed by atoms with Crippen molar-refractivity contribution < 1.29 is 14.3 Å². The molecule has 1 atom stereocenters. The molecule has 1 N–H and O–H groups in total. The van der Waals surface area contributed by atoms with Crippen molar-refractivity contribution >= 4 is 5.97 Å². The summed E-state index contributed by atoms with van der Waals surface area (Å²) in [5.41, 5.74) is 1.03. The summed E-state index contributed by atoms with van der Waals surface area (Å²) >= 11 is 0. The van der Waals surface area contributed by atoms with Gasteiger partial charge in [-0.05, 0) is 24.8 Å². The molecule has 2 rings (SSSR count). The summed E-state index contributed by atoms with van der Waals surface area (Å²) in [5.74, 6) is -1.29. The van der Waals surface area contributed by atoms with E-state index < -0.39 is 18.6 Å². The number of aromatic nitrogens is 2. The van der Waals surface area contributed by atoms with Gasteiger partial charge in [0.1, 0.15) is 6.67 Å². The van der Waals surface area contributed by atoms with E-state index in [1.54, 1.807) is 0 Å². The number of hydrogen-bond donors (Lipinski definition) is 1. The fraction of sp³-hybridized carbons (Fsp3) is 0.545. The molecule has 6 heteroatoms. The van der Waals surface area contributed by atoms with E-state index in [1.807, 2.05) is 0 Å². The number of aryl methyl sites for hydroxylation is 2. The first-order valence-electron chi connectivity index (χ1n) is 5.50. The second kappa shape index (κ2) is 4.65. The van der Waals surface area contributed by atoms with Crippen molar-refractivity contribution in [2.75, 3.05) is 6.67 Å². The van der Waals surface area contributed by atoms with Crippen molar-refractivity contribution in [3.05, 3.63) is 27.7 Å². The van der Waals surface area contributed by atoms with Crippen LogP contribution in [0.15, 0.2) is 10.9 Å². The van der Waals surface area contributed by atoms with Crippen LogP contribution in [0, 0.1) is 5.92 Å². The zero-order valence-electron chi connectivity index (χ0n) is 9.23. The molecule has 0 fully saturated rings. The van der Waals surface area contributed by atoms with Crippen molar-refractivity contribution in [3.8, 4) is 0 Å². The van der Waals surface area contributed by atoms with Gasteiger partial charge in [-0.1, -0.05) is 0 Å². The molecule has 1 aromatic rings. The third kappa shape index (κ3) is 2.35. The Balaban J connectivity index is 2.32. The highest BCUT2D eigenvalue weighted by molar-refractivity contribution is 5.70. The van der Waals surface area contributed by atoms with Gasteiger partial charge in [-0.2, -0.15) is 5.10 Å². The maximum absolute atomic E-state index is 12.2. The largest absolute Gasteiger partial charge is 0.481 e. The first kappa shape index (κ1) is 11.8. The predicted molar refractivity (Wildman–Crippen MR) is 57.6 cm³/mol. The van der Waals surface area contributed by atoms with E-state index in [0.717, 1.165) is 10.4 Å². The minimum atomic E-state index is -0.844. The van der Waals surface area contributed by atoms with E-state index in [-0.39, 0.29) is 12.1 Å². The Kier molecular flexibility index (Phi) is 3.21. The van der Waals surface area contributed by atoms with Crippen LogP contribution in [0.5, 0.6) is 0 Å². The highest BCUT2D eigenvalue weighted by Crippen LogP contribution is 2.22. The van der Waals surface area contributed by atoms with Crippen molar-refractivity contribution in [3.63, 3.8) is 0 Å². The average molecular weight is 240 g/mol. The molecule has 0 saturated carbocycles. The highest BCUT2D eigenvalue weighted by atomic mass is 19.1. The van der Waals surface area contributed by atoms with Gasteiger partial charge in [0.2, 0.25) is 0 Å². The van der Waals surface area contributed by atoms with Crippen LogP contribution >= 0.6 is 0 Å². The molecule has 1 unspecified atom stereocenters. The van der Waals surface area contributed by atoms with E-state index in [9.17, 15) is 14.0 Å². The Hall–Kier alpha value is -1.72. The number of carbonyl (C=O) groups is 1. The Morgan fingerprint density at radius 2 is 2.41 bits per heavy atom. The smallest absolute Gasteiger partial charge is 0.306 e. The summed E-state index contributed by atoms with van der Waals surface area (Å²) in [6, 6.07) is 1.38. The second-order valence-corrected chi connectivity index (χ2v) is 4.14. The molecule has 0 spiro atoms. The number of alkyl halides is 1. The van der Waals surface area contributed by atoms with Gasteiger partial charge in [0.25, 0.3) is 5.56 Å². The van der Waals surface area contributed by atoms with Crippen LogP contribution < -0.4 is 5.56 Å². The fourth-order valence-electron chi connectivity index (χ4n) is 2.08. The summed E-state index contributed by atoms with van der Waals surface area (Å²) < 4.78 is 13.3. The number of carboxylic acids is 1. The minimum Gasteiger partial charge on any atom is -0.481 e. The standard InChI is InChI=1S/C11H13FN2O3/c12-3-4-14-10(15)6-8-5-7(11(16)17)1-2-9(8)13-14/h6-7H,1-5H2,(H,16,17). The van der Waals surface area contributed by atoms with Gasteiger partial charge < -0.3 is 5.11 Å². The normalized spacial score (nSPS) is 18.8. The van der Waals surface area contributed by atoms with E-state index in [1.165, 1.54) is 6.07 Å². The molecule has 17 heavy (non-hydrogen) atoms. The highest BCUT2D eigenvalue weighted by Gasteiger charge is 2.25. The van der Waals surface area contributed by atoms with Crippen LogP contribution in [0.4, 0.5) is 4.39 Å². The Morgan fingerprint density at radius 1 is 1.65 bits per heavy atom. The molecule has 0 amide bonds. The number of rotatable bonds is 3. The topological polar surface area (TPSA) is 72.2 Å².